The number of aryl methyl sites for hydroxylation is 2. The van der Waals surface area contributed by atoms with Crippen LogP contribution in [0.5, 0.6) is 0 Å². The lowest BCUT2D eigenvalue weighted by Crippen LogP contribution is -2.13. The Morgan fingerprint density at radius 1 is 1.06 bits per heavy atom. The third-order valence-electron chi connectivity index (χ3n) is 5.49. The van der Waals surface area contributed by atoms with Gasteiger partial charge in [-0.05, 0) is 31.5 Å². The van der Waals surface area contributed by atoms with Crippen molar-refractivity contribution in [2.45, 2.75) is 20.4 Å². The third-order valence-corrected chi connectivity index (χ3v) is 5.86. The number of anilines is 1. The summed E-state index contributed by atoms with van der Waals surface area (Å²) in [4.78, 5) is 17.4. The molecule has 0 spiro atoms. The SMILES string of the molecule is Cc1ccc(-c2ccnc3c(C(=O)Nc4cc(C)n(Cc5ccccc5Cl)n4)cnn23)cc1. The summed E-state index contributed by atoms with van der Waals surface area (Å²) in [5.41, 5.74) is 5.76. The molecule has 33 heavy (non-hydrogen) atoms. The van der Waals surface area contributed by atoms with E-state index in [0.717, 1.165) is 22.5 Å². The lowest BCUT2D eigenvalue weighted by molar-refractivity contribution is 0.102. The van der Waals surface area contributed by atoms with Crippen LogP contribution in [0.2, 0.25) is 5.02 Å². The van der Waals surface area contributed by atoms with Crippen LogP contribution < -0.4 is 5.32 Å². The van der Waals surface area contributed by atoms with Gasteiger partial charge in [0.25, 0.3) is 5.91 Å². The van der Waals surface area contributed by atoms with Crippen LogP contribution in [0, 0.1) is 13.8 Å². The van der Waals surface area contributed by atoms with Crippen LogP contribution in [-0.4, -0.2) is 30.3 Å². The zero-order valence-electron chi connectivity index (χ0n) is 18.2. The fraction of sp³-hybridized carbons (Fsp3) is 0.120. The zero-order chi connectivity index (χ0) is 22.9. The first-order chi connectivity index (χ1) is 16.0. The van der Waals surface area contributed by atoms with Crippen molar-refractivity contribution in [1.29, 1.82) is 0 Å². The average molecular weight is 457 g/mol. The van der Waals surface area contributed by atoms with Crippen molar-refractivity contribution in [3.8, 4) is 11.3 Å². The second-order valence-corrected chi connectivity index (χ2v) is 8.27. The van der Waals surface area contributed by atoms with Gasteiger partial charge in [-0.25, -0.2) is 9.50 Å². The first kappa shape index (κ1) is 20.9. The normalized spacial score (nSPS) is 11.1. The third kappa shape index (κ3) is 4.10. The molecule has 3 aromatic heterocycles. The molecule has 0 saturated carbocycles. The molecule has 0 aliphatic heterocycles. The lowest BCUT2D eigenvalue weighted by atomic mass is 10.1. The number of halogens is 1. The summed E-state index contributed by atoms with van der Waals surface area (Å²) in [5.74, 6) is 0.138. The van der Waals surface area contributed by atoms with Crippen molar-refractivity contribution in [3.05, 3.63) is 100 Å². The summed E-state index contributed by atoms with van der Waals surface area (Å²) in [5, 5.41) is 12.5. The number of benzene rings is 2. The summed E-state index contributed by atoms with van der Waals surface area (Å²) < 4.78 is 3.49. The molecule has 7 nitrogen and oxygen atoms in total. The van der Waals surface area contributed by atoms with E-state index >= 15 is 0 Å². The van der Waals surface area contributed by atoms with Gasteiger partial charge >= 0.3 is 0 Å². The first-order valence-corrected chi connectivity index (χ1v) is 10.9. The molecule has 8 heteroatoms. The Kier molecular flexibility index (Phi) is 5.40. The highest BCUT2D eigenvalue weighted by Gasteiger charge is 2.18. The van der Waals surface area contributed by atoms with Crippen LogP contribution in [0.25, 0.3) is 16.9 Å². The van der Waals surface area contributed by atoms with E-state index in [9.17, 15) is 4.79 Å². The van der Waals surface area contributed by atoms with Crippen LogP contribution in [0.1, 0.15) is 27.2 Å². The van der Waals surface area contributed by atoms with Crippen molar-refractivity contribution in [2.75, 3.05) is 5.32 Å². The quantitative estimate of drug-likeness (QED) is 0.396. The maximum absolute atomic E-state index is 13.0. The number of rotatable bonds is 5. The predicted octanol–water partition coefficient (Wildman–Crippen LogP) is 5.16. The van der Waals surface area contributed by atoms with Crippen LogP contribution in [-0.2, 0) is 6.54 Å². The largest absolute Gasteiger partial charge is 0.305 e. The van der Waals surface area contributed by atoms with Gasteiger partial charge in [0.2, 0.25) is 0 Å². The molecule has 1 amide bonds. The Labute approximate surface area is 195 Å². The van der Waals surface area contributed by atoms with Crippen LogP contribution >= 0.6 is 11.6 Å². The van der Waals surface area contributed by atoms with E-state index in [-0.39, 0.29) is 5.91 Å². The van der Waals surface area contributed by atoms with Gasteiger partial charge in [-0.1, -0.05) is 59.6 Å². The number of nitrogens with one attached hydrogen (secondary N) is 1. The Bertz CT molecular complexity index is 1470. The lowest BCUT2D eigenvalue weighted by Gasteiger charge is -2.06. The number of hydrogen-bond donors (Lipinski definition) is 1. The van der Waals surface area contributed by atoms with Crippen molar-refractivity contribution in [2.24, 2.45) is 0 Å². The fourth-order valence-corrected chi connectivity index (χ4v) is 3.89. The number of aromatic nitrogens is 5. The Morgan fingerprint density at radius 3 is 2.64 bits per heavy atom. The molecule has 0 fully saturated rings. The van der Waals surface area contributed by atoms with Crippen LogP contribution in [0.15, 0.2) is 73.1 Å². The number of hydrogen-bond acceptors (Lipinski definition) is 4. The minimum atomic E-state index is -0.319. The Balaban J connectivity index is 1.41. The predicted molar refractivity (Wildman–Crippen MR) is 129 cm³/mol. The number of amides is 1. The maximum atomic E-state index is 13.0. The molecule has 0 radical (unpaired) electrons. The summed E-state index contributed by atoms with van der Waals surface area (Å²) in [6.07, 6.45) is 3.22. The number of carbonyl (C=O) groups excluding carboxylic acids is 1. The number of fused-ring (bicyclic) bond motifs is 1. The molecule has 0 unspecified atom stereocenters. The van der Waals surface area contributed by atoms with E-state index in [0.29, 0.717) is 28.6 Å². The monoisotopic (exact) mass is 456 g/mol. The second kappa shape index (κ2) is 8.52. The van der Waals surface area contributed by atoms with Gasteiger partial charge in [0.05, 0.1) is 18.4 Å². The van der Waals surface area contributed by atoms with E-state index in [4.69, 9.17) is 11.6 Å². The minimum absolute atomic E-state index is 0.319. The highest BCUT2D eigenvalue weighted by Crippen LogP contribution is 2.22. The van der Waals surface area contributed by atoms with E-state index < -0.39 is 0 Å². The molecular formula is C25H21ClN6O. The van der Waals surface area contributed by atoms with E-state index in [2.05, 4.69) is 20.5 Å². The van der Waals surface area contributed by atoms with Gasteiger partial charge in [-0.15, -0.1) is 0 Å². The number of nitrogens with zero attached hydrogens (tertiary/aromatic N) is 5. The van der Waals surface area contributed by atoms with Gasteiger partial charge in [-0.3, -0.25) is 9.48 Å². The van der Waals surface area contributed by atoms with Crippen molar-refractivity contribution < 1.29 is 4.79 Å². The standard InChI is InChI=1S/C25H21ClN6O/c1-16-7-9-18(10-8-16)22-11-12-27-24-20(14-28-32(22)24)25(33)29-23-13-17(2)31(30-23)15-19-5-3-4-6-21(19)26/h3-14H,15H2,1-2H3,(H,29,30,33). The fourth-order valence-electron chi connectivity index (χ4n) is 3.70. The van der Waals surface area contributed by atoms with Gasteiger partial charge in [-0.2, -0.15) is 10.2 Å². The molecule has 164 valence electrons. The minimum Gasteiger partial charge on any atom is -0.305 e. The highest BCUT2D eigenvalue weighted by atomic mass is 35.5. The Hall–Kier alpha value is -3.97. The first-order valence-electron chi connectivity index (χ1n) is 10.5. The van der Waals surface area contributed by atoms with E-state index in [1.165, 1.54) is 11.8 Å². The van der Waals surface area contributed by atoms with Gasteiger partial charge in [0, 0.05) is 28.5 Å². The summed E-state index contributed by atoms with van der Waals surface area (Å²) >= 11 is 6.28. The summed E-state index contributed by atoms with van der Waals surface area (Å²) in [7, 11) is 0. The molecular weight excluding hydrogens is 436 g/mol. The maximum Gasteiger partial charge on any atom is 0.262 e. The van der Waals surface area contributed by atoms with Crippen LogP contribution in [0.4, 0.5) is 5.82 Å². The molecule has 0 aliphatic carbocycles. The molecule has 0 saturated heterocycles. The average Bonchev–Trinajstić information content (AvgIpc) is 3.39. The topological polar surface area (TPSA) is 77.1 Å². The summed E-state index contributed by atoms with van der Waals surface area (Å²) in [6, 6.07) is 19.5. The van der Waals surface area contributed by atoms with Gasteiger partial charge in [0.1, 0.15) is 5.56 Å². The van der Waals surface area contributed by atoms with E-state index in [1.54, 1.807) is 15.4 Å². The van der Waals surface area contributed by atoms with Gasteiger partial charge in [0.15, 0.2) is 11.5 Å². The highest BCUT2D eigenvalue weighted by molar-refractivity contribution is 6.31. The Morgan fingerprint density at radius 2 is 1.85 bits per heavy atom. The van der Waals surface area contributed by atoms with Crippen molar-refractivity contribution in [1.82, 2.24) is 24.4 Å². The van der Waals surface area contributed by atoms with Crippen LogP contribution in [0.3, 0.4) is 0 Å². The molecule has 0 aliphatic rings. The second-order valence-electron chi connectivity index (χ2n) is 7.86. The molecule has 0 atom stereocenters. The molecule has 2 aromatic carbocycles. The molecule has 3 heterocycles. The van der Waals surface area contributed by atoms with Crippen molar-refractivity contribution in [3.63, 3.8) is 0 Å². The number of carbonyl (C=O) groups is 1. The van der Waals surface area contributed by atoms with Crippen molar-refractivity contribution >= 4 is 29.0 Å². The summed E-state index contributed by atoms with van der Waals surface area (Å²) in [6.45, 7) is 4.49. The zero-order valence-corrected chi connectivity index (χ0v) is 18.9. The molecule has 5 rings (SSSR count). The smallest absolute Gasteiger partial charge is 0.262 e. The van der Waals surface area contributed by atoms with E-state index in [1.807, 2.05) is 74.5 Å². The molecule has 5 aromatic rings. The molecule has 1 N–H and O–H groups in total. The van der Waals surface area contributed by atoms with Gasteiger partial charge < -0.3 is 5.32 Å². The molecule has 0 bridgehead atoms.